The van der Waals surface area contributed by atoms with Gasteiger partial charge >= 0.3 is 0 Å². The summed E-state index contributed by atoms with van der Waals surface area (Å²) in [5.41, 5.74) is 2.24. The number of aromatic nitrogens is 1. The standard InChI is InChI=1S/C9H11BrN2/c1-6-7(10)2-3-9(12-6)8-4-5-11-8/h2-3,8,11H,4-5H2,1H3. The van der Waals surface area contributed by atoms with E-state index < -0.39 is 0 Å². The SMILES string of the molecule is Cc1nc(C2CCN2)ccc1Br. The fraction of sp³-hybridized carbons (Fsp3) is 0.444. The average molecular weight is 227 g/mol. The summed E-state index contributed by atoms with van der Waals surface area (Å²) in [6.07, 6.45) is 1.22. The first kappa shape index (κ1) is 8.20. The number of nitrogens with zero attached hydrogens (tertiary/aromatic N) is 1. The van der Waals surface area contributed by atoms with E-state index in [1.807, 2.05) is 6.92 Å². The van der Waals surface area contributed by atoms with Crippen molar-refractivity contribution < 1.29 is 0 Å². The van der Waals surface area contributed by atoms with Crippen LogP contribution in [0.3, 0.4) is 0 Å². The van der Waals surface area contributed by atoms with Crippen molar-refractivity contribution in [1.82, 2.24) is 10.3 Å². The molecule has 0 bridgehead atoms. The average Bonchev–Trinajstić information content (AvgIpc) is 1.93. The fourth-order valence-corrected chi connectivity index (χ4v) is 1.52. The minimum absolute atomic E-state index is 0.497. The van der Waals surface area contributed by atoms with Gasteiger partial charge in [0.2, 0.25) is 0 Å². The molecular formula is C9H11BrN2. The number of hydrogen-bond donors (Lipinski definition) is 1. The smallest absolute Gasteiger partial charge is 0.0577 e. The summed E-state index contributed by atoms with van der Waals surface area (Å²) in [6, 6.07) is 4.64. The van der Waals surface area contributed by atoms with Gasteiger partial charge in [-0.2, -0.15) is 0 Å². The molecule has 0 spiro atoms. The lowest BCUT2D eigenvalue weighted by atomic mass is 10.0. The van der Waals surface area contributed by atoms with Gasteiger partial charge in [0.1, 0.15) is 0 Å². The van der Waals surface area contributed by atoms with E-state index in [-0.39, 0.29) is 0 Å². The van der Waals surface area contributed by atoms with Crippen LogP contribution in [-0.4, -0.2) is 11.5 Å². The Morgan fingerprint density at radius 3 is 2.83 bits per heavy atom. The summed E-state index contributed by atoms with van der Waals surface area (Å²) in [4.78, 5) is 4.49. The van der Waals surface area contributed by atoms with Crippen LogP contribution >= 0.6 is 15.9 Å². The van der Waals surface area contributed by atoms with Crippen molar-refractivity contribution in [3.8, 4) is 0 Å². The summed E-state index contributed by atoms with van der Waals surface area (Å²) in [6.45, 7) is 3.15. The minimum Gasteiger partial charge on any atom is -0.309 e. The predicted molar refractivity (Wildman–Crippen MR) is 52.0 cm³/mol. The van der Waals surface area contributed by atoms with E-state index in [4.69, 9.17) is 0 Å². The Morgan fingerprint density at radius 2 is 2.33 bits per heavy atom. The summed E-state index contributed by atoms with van der Waals surface area (Å²) >= 11 is 3.44. The van der Waals surface area contributed by atoms with Gasteiger partial charge < -0.3 is 5.32 Å². The molecule has 1 aromatic heterocycles. The topological polar surface area (TPSA) is 24.9 Å². The Balaban J connectivity index is 2.27. The summed E-state index contributed by atoms with van der Waals surface area (Å²) in [5, 5.41) is 3.33. The first-order valence-electron chi connectivity index (χ1n) is 4.14. The third-order valence-corrected chi connectivity index (χ3v) is 3.06. The number of aryl methyl sites for hydroxylation is 1. The first-order valence-corrected chi connectivity index (χ1v) is 4.93. The lowest BCUT2D eigenvalue weighted by Crippen LogP contribution is -2.35. The van der Waals surface area contributed by atoms with Gasteiger partial charge in [-0.25, -0.2) is 0 Å². The third kappa shape index (κ3) is 1.39. The Hall–Kier alpha value is -0.410. The van der Waals surface area contributed by atoms with Gasteiger partial charge in [-0.05, 0) is 48.0 Å². The lowest BCUT2D eigenvalue weighted by Gasteiger charge is -2.27. The van der Waals surface area contributed by atoms with E-state index in [9.17, 15) is 0 Å². The molecule has 2 heterocycles. The van der Waals surface area contributed by atoms with Gasteiger partial charge in [0.25, 0.3) is 0 Å². The van der Waals surface area contributed by atoms with Crippen LogP contribution in [0.2, 0.25) is 0 Å². The van der Waals surface area contributed by atoms with Crippen LogP contribution in [0.15, 0.2) is 16.6 Å². The van der Waals surface area contributed by atoms with Crippen molar-refractivity contribution in [2.24, 2.45) is 0 Å². The summed E-state index contributed by atoms with van der Waals surface area (Å²) < 4.78 is 1.09. The molecule has 1 unspecified atom stereocenters. The van der Waals surface area contributed by atoms with Gasteiger partial charge in [-0.3, -0.25) is 4.98 Å². The monoisotopic (exact) mass is 226 g/mol. The second-order valence-corrected chi connectivity index (χ2v) is 3.95. The van der Waals surface area contributed by atoms with Crippen LogP contribution in [0.25, 0.3) is 0 Å². The second-order valence-electron chi connectivity index (χ2n) is 3.10. The fourth-order valence-electron chi connectivity index (χ4n) is 1.30. The normalized spacial score (nSPS) is 22.0. The van der Waals surface area contributed by atoms with Crippen molar-refractivity contribution in [3.05, 3.63) is 28.0 Å². The minimum atomic E-state index is 0.497. The van der Waals surface area contributed by atoms with Gasteiger partial charge in [0, 0.05) is 4.47 Å². The number of nitrogens with one attached hydrogen (secondary N) is 1. The predicted octanol–water partition coefficient (Wildman–Crippen LogP) is 2.19. The van der Waals surface area contributed by atoms with Crippen LogP contribution in [0.5, 0.6) is 0 Å². The molecule has 1 atom stereocenters. The maximum atomic E-state index is 4.49. The molecule has 12 heavy (non-hydrogen) atoms. The third-order valence-electron chi connectivity index (χ3n) is 2.22. The van der Waals surface area contributed by atoms with Crippen molar-refractivity contribution in [3.63, 3.8) is 0 Å². The molecule has 1 aliphatic rings. The van der Waals surface area contributed by atoms with Crippen molar-refractivity contribution in [2.75, 3.05) is 6.54 Å². The van der Waals surface area contributed by atoms with E-state index in [0.29, 0.717) is 6.04 Å². The molecule has 0 saturated carbocycles. The number of rotatable bonds is 1. The Labute approximate surface area is 80.5 Å². The second kappa shape index (κ2) is 3.15. The van der Waals surface area contributed by atoms with Gasteiger partial charge in [-0.1, -0.05) is 0 Å². The maximum absolute atomic E-state index is 4.49. The van der Waals surface area contributed by atoms with Crippen LogP contribution in [0, 0.1) is 6.92 Å². The molecule has 2 nitrogen and oxygen atoms in total. The summed E-state index contributed by atoms with van der Waals surface area (Å²) in [7, 11) is 0. The molecule has 64 valence electrons. The zero-order valence-electron chi connectivity index (χ0n) is 6.97. The largest absolute Gasteiger partial charge is 0.309 e. The number of pyridine rings is 1. The van der Waals surface area contributed by atoms with E-state index in [2.05, 4.69) is 38.4 Å². The van der Waals surface area contributed by atoms with E-state index >= 15 is 0 Å². The van der Waals surface area contributed by atoms with Gasteiger partial charge in [-0.15, -0.1) is 0 Å². The van der Waals surface area contributed by atoms with Crippen molar-refractivity contribution >= 4 is 15.9 Å². The zero-order valence-corrected chi connectivity index (χ0v) is 8.56. The molecule has 0 radical (unpaired) electrons. The molecule has 1 fully saturated rings. The summed E-state index contributed by atoms with van der Waals surface area (Å²) in [5.74, 6) is 0. The lowest BCUT2D eigenvalue weighted by molar-refractivity contribution is 0.374. The molecular weight excluding hydrogens is 216 g/mol. The highest BCUT2D eigenvalue weighted by Crippen LogP contribution is 2.23. The van der Waals surface area contributed by atoms with E-state index in [1.165, 1.54) is 12.1 Å². The Kier molecular flexibility index (Phi) is 2.15. The van der Waals surface area contributed by atoms with Crippen molar-refractivity contribution in [2.45, 2.75) is 19.4 Å². The Bertz CT molecular complexity index is 295. The molecule has 0 aliphatic carbocycles. The molecule has 1 N–H and O–H groups in total. The van der Waals surface area contributed by atoms with Crippen LogP contribution in [0.4, 0.5) is 0 Å². The maximum Gasteiger partial charge on any atom is 0.0577 e. The van der Waals surface area contributed by atoms with Gasteiger partial charge in [0.05, 0.1) is 17.4 Å². The van der Waals surface area contributed by atoms with E-state index in [0.717, 1.165) is 16.7 Å². The first-order chi connectivity index (χ1) is 5.77. The molecule has 1 saturated heterocycles. The molecule has 1 aliphatic heterocycles. The number of halogens is 1. The van der Waals surface area contributed by atoms with Crippen molar-refractivity contribution in [1.29, 1.82) is 0 Å². The van der Waals surface area contributed by atoms with Crippen LogP contribution < -0.4 is 5.32 Å². The Morgan fingerprint density at radius 1 is 1.58 bits per heavy atom. The van der Waals surface area contributed by atoms with Crippen LogP contribution in [0.1, 0.15) is 23.9 Å². The number of hydrogen-bond acceptors (Lipinski definition) is 2. The van der Waals surface area contributed by atoms with E-state index in [1.54, 1.807) is 0 Å². The highest BCUT2D eigenvalue weighted by Gasteiger charge is 2.19. The van der Waals surface area contributed by atoms with Crippen LogP contribution in [-0.2, 0) is 0 Å². The molecule has 0 amide bonds. The highest BCUT2D eigenvalue weighted by atomic mass is 79.9. The quantitative estimate of drug-likeness (QED) is 0.795. The van der Waals surface area contributed by atoms with Gasteiger partial charge in [0.15, 0.2) is 0 Å². The molecule has 2 rings (SSSR count). The zero-order chi connectivity index (χ0) is 8.55. The molecule has 1 aromatic rings. The molecule has 3 heteroatoms. The molecule has 0 aromatic carbocycles. The highest BCUT2D eigenvalue weighted by molar-refractivity contribution is 9.10.